The van der Waals surface area contributed by atoms with E-state index in [0.717, 1.165) is 11.4 Å². The van der Waals surface area contributed by atoms with Gasteiger partial charge in [-0.1, -0.05) is 6.07 Å². The predicted octanol–water partition coefficient (Wildman–Crippen LogP) is 3.01. The number of aryl methyl sites for hydroxylation is 1. The number of halogens is 1. The van der Waals surface area contributed by atoms with Gasteiger partial charge in [0.1, 0.15) is 11.9 Å². The maximum atomic E-state index is 13.1. The zero-order chi connectivity index (χ0) is 13.0. The lowest BCUT2D eigenvalue weighted by atomic mass is 10.2. The molecule has 0 radical (unpaired) electrons. The standard InChI is InChI=1S/C14H12FN3/c1-10-3-2-4-13(18-10)9-17-12-5-6-14(15)11(7-12)8-16/h2-7,17H,9H2,1H3. The Balaban J connectivity index is 2.09. The van der Waals surface area contributed by atoms with E-state index in [1.807, 2.05) is 31.2 Å². The number of pyridine rings is 1. The SMILES string of the molecule is Cc1cccc(CNc2ccc(F)c(C#N)c2)n1. The van der Waals surface area contributed by atoms with Crippen LogP contribution in [0.5, 0.6) is 0 Å². The van der Waals surface area contributed by atoms with Crippen LogP contribution in [0, 0.1) is 24.1 Å². The Labute approximate surface area is 105 Å². The molecule has 2 aromatic rings. The summed E-state index contributed by atoms with van der Waals surface area (Å²) in [4.78, 5) is 4.35. The minimum Gasteiger partial charge on any atom is -0.379 e. The van der Waals surface area contributed by atoms with E-state index in [1.54, 1.807) is 6.07 Å². The molecule has 4 heteroatoms. The van der Waals surface area contributed by atoms with Gasteiger partial charge < -0.3 is 5.32 Å². The van der Waals surface area contributed by atoms with E-state index in [1.165, 1.54) is 12.1 Å². The summed E-state index contributed by atoms with van der Waals surface area (Å²) in [6.07, 6.45) is 0. The fraction of sp³-hybridized carbons (Fsp3) is 0.143. The number of nitrogens with zero attached hydrogens (tertiary/aromatic N) is 2. The lowest BCUT2D eigenvalue weighted by molar-refractivity contribution is 0.624. The fourth-order valence-corrected chi connectivity index (χ4v) is 1.61. The average molecular weight is 241 g/mol. The van der Waals surface area contributed by atoms with Crippen LogP contribution in [-0.4, -0.2) is 4.98 Å². The van der Waals surface area contributed by atoms with Gasteiger partial charge in [-0.25, -0.2) is 4.39 Å². The Bertz CT molecular complexity index is 602. The maximum Gasteiger partial charge on any atom is 0.141 e. The molecule has 1 heterocycles. The van der Waals surface area contributed by atoms with Gasteiger partial charge in [0.2, 0.25) is 0 Å². The molecule has 2 rings (SSSR count). The summed E-state index contributed by atoms with van der Waals surface area (Å²) in [5, 5.41) is 11.8. The number of anilines is 1. The minimum absolute atomic E-state index is 0.0391. The van der Waals surface area contributed by atoms with Crippen LogP contribution in [0.25, 0.3) is 0 Å². The lowest BCUT2D eigenvalue weighted by Crippen LogP contribution is -2.02. The third-order valence-electron chi connectivity index (χ3n) is 2.51. The van der Waals surface area contributed by atoms with Crippen molar-refractivity contribution < 1.29 is 4.39 Å². The van der Waals surface area contributed by atoms with Crippen molar-refractivity contribution in [3.8, 4) is 6.07 Å². The summed E-state index contributed by atoms with van der Waals surface area (Å²) in [5.74, 6) is -0.503. The molecule has 0 saturated carbocycles. The molecule has 3 nitrogen and oxygen atoms in total. The summed E-state index contributed by atoms with van der Waals surface area (Å²) >= 11 is 0. The first-order chi connectivity index (χ1) is 8.69. The highest BCUT2D eigenvalue weighted by Crippen LogP contribution is 2.14. The van der Waals surface area contributed by atoms with Crippen LogP contribution in [0.1, 0.15) is 17.0 Å². The Morgan fingerprint density at radius 1 is 1.33 bits per heavy atom. The largest absolute Gasteiger partial charge is 0.379 e. The van der Waals surface area contributed by atoms with Crippen molar-refractivity contribution in [2.75, 3.05) is 5.32 Å². The van der Waals surface area contributed by atoms with E-state index in [9.17, 15) is 4.39 Å². The molecule has 0 aliphatic rings. The first-order valence-electron chi connectivity index (χ1n) is 5.55. The predicted molar refractivity (Wildman–Crippen MR) is 67.4 cm³/mol. The molecular formula is C14H12FN3. The van der Waals surface area contributed by atoms with Crippen LogP contribution in [0.4, 0.5) is 10.1 Å². The lowest BCUT2D eigenvalue weighted by Gasteiger charge is -2.07. The molecule has 0 bridgehead atoms. The fourth-order valence-electron chi connectivity index (χ4n) is 1.61. The number of nitriles is 1. The smallest absolute Gasteiger partial charge is 0.141 e. The van der Waals surface area contributed by atoms with Gasteiger partial charge in [0.25, 0.3) is 0 Å². The first-order valence-corrected chi connectivity index (χ1v) is 5.55. The van der Waals surface area contributed by atoms with Gasteiger partial charge in [0, 0.05) is 11.4 Å². The molecule has 1 aromatic heterocycles. The van der Waals surface area contributed by atoms with E-state index in [0.29, 0.717) is 12.2 Å². The summed E-state index contributed by atoms with van der Waals surface area (Å²) in [6.45, 7) is 2.47. The van der Waals surface area contributed by atoms with E-state index in [4.69, 9.17) is 5.26 Å². The monoisotopic (exact) mass is 241 g/mol. The normalized spacial score (nSPS) is 9.83. The van der Waals surface area contributed by atoms with E-state index < -0.39 is 5.82 Å². The number of benzene rings is 1. The molecule has 18 heavy (non-hydrogen) atoms. The summed E-state index contributed by atoms with van der Waals surface area (Å²) in [7, 11) is 0. The van der Waals surface area contributed by atoms with Crippen LogP contribution in [-0.2, 0) is 6.54 Å². The van der Waals surface area contributed by atoms with Crippen molar-refractivity contribution in [3.63, 3.8) is 0 Å². The Kier molecular flexibility index (Phi) is 3.54. The maximum absolute atomic E-state index is 13.1. The molecule has 0 saturated heterocycles. The van der Waals surface area contributed by atoms with Crippen molar-refractivity contribution in [2.24, 2.45) is 0 Å². The molecule has 0 fully saturated rings. The molecule has 0 spiro atoms. The number of hydrogen-bond acceptors (Lipinski definition) is 3. The Hall–Kier alpha value is -2.41. The van der Waals surface area contributed by atoms with Gasteiger partial charge >= 0.3 is 0 Å². The first kappa shape index (κ1) is 12.1. The number of nitrogens with one attached hydrogen (secondary N) is 1. The molecule has 0 amide bonds. The summed E-state index contributed by atoms with van der Waals surface area (Å²) in [5.41, 5.74) is 2.59. The van der Waals surface area contributed by atoms with Crippen LogP contribution in [0.15, 0.2) is 36.4 Å². The van der Waals surface area contributed by atoms with Gasteiger partial charge in [-0.15, -0.1) is 0 Å². The van der Waals surface area contributed by atoms with Crippen LogP contribution < -0.4 is 5.32 Å². The third kappa shape index (κ3) is 2.83. The second-order valence-corrected chi connectivity index (χ2v) is 3.93. The highest BCUT2D eigenvalue weighted by Gasteiger charge is 2.02. The van der Waals surface area contributed by atoms with Crippen molar-refractivity contribution >= 4 is 5.69 Å². The molecule has 90 valence electrons. The zero-order valence-electron chi connectivity index (χ0n) is 9.94. The number of rotatable bonds is 3. The Morgan fingerprint density at radius 2 is 2.17 bits per heavy atom. The van der Waals surface area contributed by atoms with Crippen LogP contribution in [0.2, 0.25) is 0 Å². The minimum atomic E-state index is -0.503. The van der Waals surface area contributed by atoms with Gasteiger partial charge in [0.15, 0.2) is 0 Å². The van der Waals surface area contributed by atoms with Crippen LogP contribution >= 0.6 is 0 Å². The van der Waals surface area contributed by atoms with Gasteiger partial charge in [-0.3, -0.25) is 4.98 Å². The van der Waals surface area contributed by atoms with E-state index in [2.05, 4.69) is 10.3 Å². The van der Waals surface area contributed by atoms with Crippen molar-refractivity contribution in [1.29, 1.82) is 5.26 Å². The van der Waals surface area contributed by atoms with Gasteiger partial charge in [0.05, 0.1) is 17.8 Å². The summed E-state index contributed by atoms with van der Waals surface area (Å²) in [6, 6.07) is 12.0. The molecule has 0 atom stereocenters. The topological polar surface area (TPSA) is 48.7 Å². The van der Waals surface area contributed by atoms with E-state index >= 15 is 0 Å². The van der Waals surface area contributed by atoms with E-state index in [-0.39, 0.29) is 5.56 Å². The summed E-state index contributed by atoms with van der Waals surface area (Å²) < 4.78 is 13.1. The molecule has 0 aliphatic heterocycles. The average Bonchev–Trinajstić information content (AvgIpc) is 2.38. The highest BCUT2D eigenvalue weighted by atomic mass is 19.1. The molecule has 1 aromatic carbocycles. The number of aromatic nitrogens is 1. The highest BCUT2D eigenvalue weighted by molar-refractivity contribution is 5.49. The second kappa shape index (κ2) is 5.28. The zero-order valence-corrected chi connectivity index (χ0v) is 9.94. The molecule has 0 aliphatic carbocycles. The molecular weight excluding hydrogens is 229 g/mol. The second-order valence-electron chi connectivity index (χ2n) is 3.93. The van der Waals surface area contributed by atoms with Crippen molar-refractivity contribution in [2.45, 2.75) is 13.5 Å². The van der Waals surface area contributed by atoms with Crippen molar-refractivity contribution in [1.82, 2.24) is 4.98 Å². The van der Waals surface area contributed by atoms with Crippen molar-refractivity contribution in [3.05, 3.63) is 59.2 Å². The Morgan fingerprint density at radius 3 is 2.89 bits per heavy atom. The quantitative estimate of drug-likeness (QED) is 0.898. The third-order valence-corrected chi connectivity index (χ3v) is 2.51. The number of hydrogen-bond donors (Lipinski definition) is 1. The van der Waals surface area contributed by atoms with Crippen LogP contribution in [0.3, 0.4) is 0 Å². The molecule has 1 N–H and O–H groups in total. The van der Waals surface area contributed by atoms with Gasteiger partial charge in [-0.05, 0) is 37.3 Å². The molecule has 0 unspecified atom stereocenters. The van der Waals surface area contributed by atoms with Gasteiger partial charge in [-0.2, -0.15) is 5.26 Å².